The highest BCUT2D eigenvalue weighted by Gasteiger charge is 2.02. The van der Waals surface area contributed by atoms with E-state index in [1.807, 2.05) is 0 Å². The summed E-state index contributed by atoms with van der Waals surface area (Å²) < 4.78 is 0. The lowest BCUT2D eigenvalue weighted by atomic mass is 10.3. The van der Waals surface area contributed by atoms with E-state index in [0.29, 0.717) is 15.7 Å². The second-order valence-electron chi connectivity index (χ2n) is 2.25. The van der Waals surface area contributed by atoms with Crippen LogP contribution in [0.5, 0.6) is 0 Å². The first kappa shape index (κ1) is 9.36. The van der Waals surface area contributed by atoms with Crippen molar-refractivity contribution in [1.82, 2.24) is 0 Å². The molecule has 63 valence electrons. The zero-order chi connectivity index (χ0) is 9.14. The van der Waals surface area contributed by atoms with E-state index in [2.05, 4.69) is 0 Å². The molecule has 0 saturated carbocycles. The van der Waals surface area contributed by atoms with E-state index in [4.69, 9.17) is 23.2 Å². The van der Waals surface area contributed by atoms with Crippen molar-refractivity contribution >= 4 is 35.3 Å². The van der Waals surface area contributed by atoms with Crippen LogP contribution in [0.4, 0.5) is 5.69 Å². The summed E-state index contributed by atoms with van der Waals surface area (Å²) in [5.41, 5.74) is 0.666. The number of benzene rings is 1. The molecule has 0 fully saturated rings. The lowest BCUT2D eigenvalue weighted by Gasteiger charge is -2.09. The van der Waals surface area contributed by atoms with Gasteiger partial charge in [-0.1, -0.05) is 23.2 Å². The number of amides is 1. The van der Waals surface area contributed by atoms with Gasteiger partial charge in [0.25, 0.3) is 0 Å². The quantitative estimate of drug-likeness (QED) is 0.676. The predicted molar refractivity (Wildman–Crippen MR) is 50.6 cm³/mol. The number of hydrogen-bond acceptors (Lipinski definition) is 1. The number of nitrogens with zero attached hydrogens (tertiary/aromatic N) is 1. The highest BCUT2D eigenvalue weighted by atomic mass is 35.5. The van der Waals surface area contributed by atoms with E-state index >= 15 is 0 Å². The van der Waals surface area contributed by atoms with Crippen LogP contribution in [0, 0.1) is 0 Å². The fourth-order valence-electron chi connectivity index (χ4n) is 0.746. The van der Waals surface area contributed by atoms with Gasteiger partial charge in [0.15, 0.2) is 0 Å². The third kappa shape index (κ3) is 1.90. The molecule has 1 rings (SSSR count). The summed E-state index contributed by atoms with van der Waals surface area (Å²) in [6, 6.07) is 4.93. The van der Waals surface area contributed by atoms with Gasteiger partial charge in [0.2, 0.25) is 0 Å². The van der Waals surface area contributed by atoms with Crippen LogP contribution in [0.25, 0.3) is 0 Å². The molecule has 0 atom stereocenters. The van der Waals surface area contributed by atoms with Crippen LogP contribution in [-0.2, 0) is 4.79 Å². The van der Waals surface area contributed by atoms with Gasteiger partial charge < -0.3 is 4.90 Å². The van der Waals surface area contributed by atoms with Gasteiger partial charge in [-0.3, -0.25) is 4.79 Å². The predicted octanol–water partition coefficient (Wildman–Crippen LogP) is 2.50. The van der Waals surface area contributed by atoms with Crippen molar-refractivity contribution < 1.29 is 4.79 Å². The molecule has 1 aromatic carbocycles. The average molecular weight is 203 g/mol. The van der Waals surface area contributed by atoms with Crippen molar-refractivity contribution in [2.75, 3.05) is 11.9 Å². The highest BCUT2D eigenvalue weighted by molar-refractivity contribution is 6.42. The van der Waals surface area contributed by atoms with Crippen LogP contribution in [0.3, 0.4) is 0 Å². The number of carbonyl (C=O) groups excluding carboxylic acids is 1. The molecule has 1 aromatic rings. The van der Waals surface area contributed by atoms with Crippen LogP contribution in [-0.4, -0.2) is 13.5 Å². The number of rotatable bonds is 2. The Labute approximate surface area is 80.7 Å². The van der Waals surface area contributed by atoms with Crippen molar-refractivity contribution in [3.8, 4) is 0 Å². The first-order valence-electron chi connectivity index (χ1n) is 3.21. The summed E-state index contributed by atoms with van der Waals surface area (Å²) in [5.74, 6) is 0. The van der Waals surface area contributed by atoms with Gasteiger partial charge in [0, 0.05) is 12.7 Å². The van der Waals surface area contributed by atoms with Crippen molar-refractivity contribution in [3.05, 3.63) is 28.2 Å². The minimum absolute atomic E-state index is 0.427. The lowest BCUT2D eigenvalue weighted by Crippen LogP contribution is -2.13. The van der Waals surface area contributed by atoms with Gasteiger partial charge >= 0.3 is 6.41 Å². The first-order chi connectivity index (χ1) is 5.65. The summed E-state index contributed by atoms with van der Waals surface area (Å²) in [6.07, 6.45) is 1.71. The maximum Gasteiger partial charge on any atom is 0.316 e. The minimum atomic E-state index is 0.427. The number of halogens is 2. The van der Waals surface area contributed by atoms with Crippen molar-refractivity contribution in [2.24, 2.45) is 0 Å². The Hall–Kier alpha value is -0.730. The minimum Gasteiger partial charge on any atom is -0.307 e. The van der Waals surface area contributed by atoms with Gasteiger partial charge in [-0.2, -0.15) is 0 Å². The second kappa shape index (κ2) is 3.78. The Morgan fingerprint density at radius 1 is 1.33 bits per heavy atom. The Morgan fingerprint density at radius 3 is 2.50 bits per heavy atom. The fourth-order valence-corrected chi connectivity index (χ4v) is 1.04. The lowest BCUT2D eigenvalue weighted by molar-refractivity contribution is 0.554. The second-order valence-corrected chi connectivity index (χ2v) is 3.06. The topological polar surface area (TPSA) is 20.3 Å². The zero-order valence-corrected chi connectivity index (χ0v) is 7.86. The van der Waals surface area contributed by atoms with E-state index < -0.39 is 0 Å². The molecule has 0 bridgehead atoms. The molecule has 12 heavy (non-hydrogen) atoms. The molecular weight excluding hydrogens is 197 g/mol. The Morgan fingerprint density at radius 2 is 2.00 bits per heavy atom. The van der Waals surface area contributed by atoms with Crippen molar-refractivity contribution in [1.29, 1.82) is 0 Å². The molecule has 0 aliphatic rings. The molecule has 4 heteroatoms. The SMILES string of the molecule is CN([C]=O)c1ccc(Cl)c(Cl)c1. The van der Waals surface area contributed by atoms with E-state index in [9.17, 15) is 4.79 Å². The van der Waals surface area contributed by atoms with Crippen LogP contribution in [0.15, 0.2) is 18.2 Å². The maximum atomic E-state index is 10.2. The molecule has 0 unspecified atom stereocenters. The highest BCUT2D eigenvalue weighted by Crippen LogP contribution is 2.25. The molecule has 0 spiro atoms. The summed E-state index contributed by atoms with van der Waals surface area (Å²) in [4.78, 5) is 11.5. The summed E-state index contributed by atoms with van der Waals surface area (Å²) >= 11 is 11.4. The molecule has 1 amide bonds. The van der Waals surface area contributed by atoms with Crippen LogP contribution >= 0.6 is 23.2 Å². The summed E-state index contributed by atoms with van der Waals surface area (Å²) in [5, 5.41) is 0.899. The van der Waals surface area contributed by atoms with Gasteiger partial charge in [-0.05, 0) is 18.2 Å². The van der Waals surface area contributed by atoms with Crippen LogP contribution in [0.1, 0.15) is 0 Å². The maximum absolute atomic E-state index is 10.2. The Kier molecular flexibility index (Phi) is 2.95. The molecule has 0 saturated heterocycles. The standard InChI is InChI=1S/C8H6Cl2NO/c1-11(5-12)6-2-3-7(9)8(10)4-6/h2-4H,1H3. The van der Waals surface area contributed by atoms with Gasteiger partial charge in [0.1, 0.15) is 0 Å². The molecule has 0 aliphatic carbocycles. The summed E-state index contributed by atoms with van der Waals surface area (Å²) in [7, 11) is 1.59. The Bertz CT molecular complexity index is 301. The monoisotopic (exact) mass is 202 g/mol. The van der Waals surface area contributed by atoms with Crippen molar-refractivity contribution in [2.45, 2.75) is 0 Å². The molecule has 1 radical (unpaired) electrons. The van der Waals surface area contributed by atoms with E-state index in [0.717, 1.165) is 0 Å². The molecular formula is C8H6Cl2NO. The van der Waals surface area contributed by atoms with Crippen LogP contribution in [0.2, 0.25) is 10.0 Å². The largest absolute Gasteiger partial charge is 0.316 e. The average Bonchev–Trinajstić information content (AvgIpc) is 2.08. The third-order valence-corrected chi connectivity index (χ3v) is 2.17. The molecule has 0 aliphatic heterocycles. The molecule has 0 N–H and O–H groups in total. The number of anilines is 1. The van der Waals surface area contributed by atoms with Gasteiger partial charge in [-0.25, -0.2) is 0 Å². The van der Waals surface area contributed by atoms with E-state index in [1.165, 1.54) is 4.90 Å². The van der Waals surface area contributed by atoms with Gasteiger partial charge in [-0.15, -0.1) is 0 Å². The summed E-state index contributed by atoms with van der Waals surface area (Å²) in [6.45, 7) is 0. The fraction of sp³-hybridized carbons (Fsp3) is 0.125. The Balaban J connectivity index is 3.04. The molecule has 0 heterocycles. The van der Waals surface area contributed by atoms with Crippen molar-refractivity contribution in [3.63, 3.8) is 0 Å². The molecule has 0 aromatic heterocycles. The normalized spacial score (nSPS) is 9.58. The van der Waals surface area contributed by atoms with Gasteiger partial charge in [0.05, 0.1) is 10.0 Å². The van der Waals surface area contributed by atoms with E-state index in [1.54, 1.807) is 31.7 Å². The first-order valence-corrected chi connectivity index (χ1v) is 3.97. The van der Waals surface area contributed by atoms with E-state index in [-0.39, 0.29) is 0 Å². The smallest absolute Gasteiger partial charge is 0.307 e. The molecule has 2 nitrogen and oxygen atoms in total. The zero-order valence-electron chi connectivity index (χ0n) is 6.34. The van der Waals surface area contributed by atoms with Crippen LogP contribution < -0.4 is 4.90 Å². The number of hydrogen-bond donors (Lipinski definition) is 0. The third-order valence-electron chi connectivity index (χ3n) is 1.43.